The molecule has 0 aliphatic carbocycles. The summed E-state index contributed by atoms with van der Waals surface area (Å²) in [5.74, 6) is 0. The van der Waals surface area contributed by atoms with E-state index in [4.69, 9.17) is 5.11 Å². The molecule has 68 valence electrons. The Morgan fingerprint density at radius 1 is 1.54 bits per heavy atom. The van der Waals surface area contributed by atoms with Gasteiger partial charge < -0.3 is 5.11 Å². The van der Waals surface area contributed by atoms with Crippen LogP contribution in [-0.4, -0.2) is 25.8 Å². The number of aliphatic hydroxyl groups is 1. The van der Waals surface area contributed by atoms with Gasteiger partial charge >= 0.3 is 0 Å². The summed E-state index contributed by atoms with van der Waals surface area (Å²) in [7, 11) is 0. The van der Waals surface area contributed by atoms with Crippen LogP contribution in [0.25, 0.3) is 5.65 Å². The third kappa shape index (κ3) is 1.67. The Labute approximate surface area is 75.8 Å². The number of aliphatic hydroxyl groups excluding tert-OH is 1. The first-order valence-corrected chi connectivity index (χ1v) is 4.23. The number of hydrogen-bond acceptors (Lipinski definition) is 3. The highest BCUT2D eigenvalue weighted by atomic mass is 16.3. The zero-order valence-electron chi connectivity index (χ0n) is 7.38. The second kappa shape index (κ2) is 3.14. The van der Waals surface area contributed by atoms with E-state index in [1.165, 1.54) is 0 Å². The number of aromatic nitrogens is 3. The molecule has 4 heteroatoms. The maximum absolute atomic E-state index is 9.17. The van der Waals surface area contributed by atoms with E-state index in [1.807, 2.05) is 18.3 Å². The molecule has 0 bridgehead atoms. The van der Waals surface area contributed by atoms with Gasteiger partial charge in [-0.05, 0) is 13.0 Å². The minimum atomic E-state index is -0.349. The van der Waals surface area contributed by atoms with Gasteiger partial charge in [-0.2, -0.15) is 5.10 Å². The number of fused-ring (bicyclic) bond motifs is 1. The van der Waals surface area contributed by atoms with Gasteiger partial charge in [0.1, 0.15) is 0 Å². The topological polar surface area (TPSA) is 50.4 Å². The summed E-state index contributed by atoms with van der Waals surface area (Å²) >= 11 is 0. The molecule has 0 saturated carbocycles. The molecule has 1 N–H and O–H groups in total. The quantitative estimate of drug-likeness (QED) is 0.732. The molecular formula is C9H11N3O. The molecule has 2 aromatic heterocycles. The molecule has 1 atom stereocenters. The Morgan fingerprint density at radius 3 is 3.15 bits per heavy atom. The SMILES string of the molecule is CC(O)Cc1ccn2nccc2n1. The van der Waals surface area contributed by atoms with Crippen molar-refractivity contribution in [1.82, 2.24) is 14.6 Å². The van der Waals surface area contributed by atoms with E-state index in [1.54, 1.807) is 17.6 Å². The van der Waals surface area contributed by atoms with Gasteiger partial charge in [0.25, 0.3) is 0 Å². The van der Waals surface area contributed by atoms with Gasteiger partial charge in [-0.25, -0.2) is 9.50 Å². The normalized spacial score (nSPS) is 13.4. The summed E-state index contributed by atoms with van der Waals surface area (Å²) in [6.45, 7) is 1.75. The van der Waals surface area contributed by atoms with Crippen molar-refractivity contribution in [2.75, 3.05) is 0 Å². The Kier molecular flexibility index (Phi) is 1.98. The molecule has 0 spiro atoms. The Hall–Kier alpha value is -1.42. The smallest absolute Gasteiger partial charge is 0.155 e. The average Bonchev–Trinajstić information content (AvgIpc) is 2.49. The molecule has 0 aliphatic rings. The highest BCUT2D eigenvalue weighted by molar-refractivity contribution is 5.36. The molecule has 0 radical (unpaired) electrons. The van der Waals surface area contributed by atoms with Crippen molar-refractivity contribution < 1.29 is 5.11 Å². The molecular weight excluding hydrogens is 166 g/mol. The van der Waals surface area contributed by atoms with Crippen LogP contribution in [0, 0.1) is 0 Å². The van der Waals surface area contributed by atoms with Crippen molar-refractivity contribution in [1.29, 1.82) is 0 Å². The van der Waals surface area contributed by atoms with E-state index in [2.05, 4.69) is 10.1 Å². The van der Waals surface area contributed by atoms with Crippen molar-refractivity contribution in [3.63, 3.8) is 0 Å². The molecule has 0 fully saturated rings. The number of nitrogens with zero attached hydrogens (tertiary/aromatic N) is 3. The monoisotopic (exact) mass is 177 g/mol. The lowest BCUT2D eigenvalue weighted by Gasteiger charge is -2.02. The molecule has 0 aromatic carbocycles. The molecule has 4 nitrogen and oxygen atoms in total. The van der Waals surface area contributed by atoms with E-state index >= 15 is 0 Å². The molecule has 2 heterocycles. The minimum Gasteiger partial charge on any atom is -0.393 e. The van der Waals surface area contributed by atoms with Crippen LogP contribution in [0.1, 0.15) is 12.6 Å². The van der Waals surface area contributed by atoms with Crippen molar-refractivity contribution in [3.8, 4) is 0 Å². The number of rotatable bonds is 2. The standard InChI is InChI=1S/C9H11N3O/c1-7(13)6-8-3-5-12-9(11-8)2-4-10-12/h2-5,7,13H,6H2,1H3. The highest BCUT2D eigenvalue weighted by Gasteiger charge is 2.01. The van der Waals surface area contributed by atoms with Crippen molar-refractivity contribution in [2.45, 2.75) is 19.4 Å². The van der Waals surface area contributed by atoms with Gasteiger partial charge in [0.15, 0.2) is 5.65 Å². The molecule has 0 aliphatic heterocycles. The first-order chi connectivity index (χ1) is 6.25. The first kappa shape index (κ1) is 8.19. The van der Waals surface area contributed by atoms with Gasteiger partial charge in [-0.3, -0.25) is 0 Å². The zero-order chi connectivity index (χ0) is 9.26. The molecule has 13 heavy (non-hydrogen) atoms. The van der Waals surface area contributed by atoms with Crippen LogP contribution < -0.4 is 0 Å². The maximum atomic E-state index is 9.17. The molecule has 0 amide bonds. The van der Waals surface area contributed by atoms with Crippen LogP contribution in [0.15, 0.2) is 24.5 Å². The van der Waals surface area contributed by atoms with Crippen molar-refractivity contribution in [3.05, 3.63) is 30.2 Å². The van der Waals surface area contributed by atoms with Crippen LogP contribution >= 0.6 is 0 Å². The second-order valence-electron chi connectivity index (χ2n) is 3.11. The third-order valence-corrected chi connectivity index (χ3v) is 1.82. The van der Waals surface area contributed by atoms with Gasteiger partial charge in [0, 0.05) is 24.4 Å². The van der Waals surface area contributed by atoms with E-state index in [9.17, 15) is 0 Å². The lowest BCUT2D eigenvalue weighted by Crippen LogP contribution is -2.06. The van der Waals surface area contributed by atoms with E-state index in [-0.39, 0.29) is 6.10 Å². The van der Waals surface area contributed by atoms with Crippen LogP contribution in [0.3, 0.4) is 0 Å². The predicted octanol–water partition coefficient (Wildman–Crippen LogP) is 0.653. The van der Waals surface area contributed by atoms with Gasteiger partial charge in [0.2, 0.25) is 0 Å². The fourth-order valence-corrected chi connectivity index (χ4v) is 1.27. The molecule has 1 unspecified atom stereocenters. The summed E-state index contributed by atoms with van der Waals surface area (Å²) in [6.07, 6.45) is 3.79. The molecule has 0 saturated heterocycles. The number of hydrogen-bond donors (Lipinski definition) is 1. The highest BCUT2D eigenvalue weighted by Crippen LogP contribution is 2.03. The summed E-state index contributed by atoms with van der Waals surface area (Å²) in [4.78, 5) is 4.32. The summed E-state index contributed by atoms with van der Waals surface area (Å²) in [5.41, 5.74) is 1.71. The van der Waals surface area contributed by atoms with Crippen molar-refractivity contribution in [2.24, 2.45) is 0 Å². The Morgan fingerprint density at radius 2 is 2.38 bits per heavy atom. The largest absolute Gasteiger partial charge is 0.393 e. The Balaban J connectivity index is 2.37. The minimum absolute atomic E-state index is 0.349. The van der Waals surface area contributed by atoms with Gasteiger partial charge in [-0.1, -0.05) is 0 Å². The third-order valence-electron chi connectivity index (χ3n) is 1.82. The van der Waals surface area contributed by atoms with E-state index < -0.39 is 0 Å². The summed E-state index contributed by atoms with van der Waals surface area (Å²) in [6, 6.07) is 3.71. The van der Waals surface area contributed by atoms with Crippen LogP contribution in [0.4, 0.5) is 0 Å². The second-order valence-corrected chi connectivity index (χ2v) is 3.11. The van der Waals surface area contributed by atoms with Crippen LogP contribution in [-0.2, 0) is 6.42 Å². The average molecular weight is 177 g/mol. The van der Waals surface area contributed by atoms with Crippen LogP contribution in [0.2, 0.25) is 0 Å². The van der Waals surface area contributed by atoms with Gasteiger partial charge in [-0.15, -0.1) is 0 Å². The van der Waals surface area contributed by atoms with Gasteiger partial charge in [0.05, 0.1) is 12.3 Å². The van der Waals surface area contributed by atoms with E-state index in [0.717, 1.165) is 11.3 Å². The maximum Gasteiger partial charge on any atom is 0.155 e. The van der Waals surface area contributed by atoms with Crippen molar-refractivity contribution >= 4 is 5.65 Å². The lowest BCUT2D eigenvalue weighted by atomic mass is 10.2. The first-order valence-electron chi connectivity index (χ1n) is 4.23. The molecule has 2 rings (SSSR count). The summed E-state index contributed by atoms with van der Waals surface area (Å²) < 4.78 is 1.70. The summed E-state index contributed by atoms with van der Waals surface area (Å²) in [5, 5.41) is 13.2. The van der Waals surface area contributed by atoms with E-state index in [0.29, 0.717) is 6.42 Å². The Bertz CT molecular complexity index is 408. The fourth-order valence-electron chi connectivity index (χ4n) is 1.27. The van der Waals surface area contributed by atoms with Crippen LogP contribution in [0.5, 0.6) is 0 Å². The fraction of sp³-hybridized carbons (Fsp3) is 0.333. The molecule has 2 aromatic rings. The zero-order valence-corrected chi connectivity index (χ0v) is 7.38. The lowest BCUT2D eigenvalue weighted by molar-refractivity contribution is 0.194. The predicted molar refractivity (Wildman–Crippen MR) is 48.4 cm³/mol.